The van der Waals surface area contributed by atoms with Crippen LogP contribution in [-0.2, 0) is 17.9 Å². The first kappa shape index (κ1) is 23.4. The van der Waals surface area contributed by atoms with E-state index in [0.717, 1.165) is 22.6 Å². The zero-order valence-electron chi connectivity index (χ0n) is 19.1. The van der Waals surface area contributed by atoms with Crippen LogP contribution < -0.4 is 14.8 Å². The standard InChI is InChI=1S/C26H26N4O3S/c1-19-7-6-10-23(15-19)33-17-24-28-29-26(30(24)16-20-8-4-3-5-9-20)34-18-25(31)27-21-11-13-22(32-2)14-12-21/h3-15H,16-18H2,1-2H3,(H,27,31). The van der Waals surface area contributed by atoms with Gasteiger partial charge in [0.15, 0.2) is 11.0 Å². The third kappa shape index (κ3) is 6.39. The third-order valence-corrected chi connectivity index (χ3v) is 6.01. The van der Waals surface area contributed by atoms with Crippen LogP contribution in [-0.4, -0.2) is 33.5 Å². The molecule has 8 heteroatoms. The molecule has 0 aliphatic heterocycles. The summed E-state index contributed by atoms with van der Waals surface area (Å²) < 4.78 is 13.1. The molecule has 0 bridgehead atoms. The Morgan fingerprint density at radius 2 is 1.76 bits per heavy atom. The maximum Gasteiger partial charge on any atom is 0.234 e. The largest absolute Gasteiger partial charge is 0.497 e. The number of carbonyl (C=O) groups excluding carboxylic acids is 1. The van der Waals surface area contributed by atoms with E-state index < -0.39 is 0 Å². The third-order valence-electron chi connectivity index (χ3n) is 5.04. The molecule has 0 aliphatic rings. The Hall–Kier alpha value is -3.78. The lowest BCUT2D eigenvalue weighted by molar-refractivity contribution is -0.113. The van der Waals surface area contributed by atoms with Crippen LogP contribution in [0.5, 0.6) is 11.5 Å². The fourth-order valence-corrected chi connectivity index (χ4v) is 4.07. The number of anilines is 1. The van der Waals surface area contributed by atoms with Crippen LogP contribution in [0.15, 0.2) is 84.0 Å². The van der Waals surface area contributed by atoms with Crippen molar-refractivity contribution in [3.8, 4) is 11.5 Å². The maximum absolute atomic E-state index is 12.5. The predicted molar refractivity (Wildman–Crippen MR) is 133 cm³/mol. The van der Waals surface area contributed by atoms with Gasteiger partial charge in [-0.1, -0.05) is 54.2 Å². The summed E-state index contributed by atoms with van der Waals surface area (Å²) in [5, 5.41) is 12.3. The highest BCUT2D eigenvalue weighted by molar-refractivity contribution is 7.99. The summed E-state index contributed by atoms with van der Waals surface area (Å²) in [6, 6.07) is 25.2. The number of nitrogens with zero attached hydrogens (tertiary/aromatic N) is 3. The van der Waals surface area contributed by atoms with E-state index in [9.17, 15) is 4.79 Å². The summed E-state index contributed by atoms with van der Waals surface area (Å²) in [6.45, 7) is 2.89. The van der Waals surface area contributed by atoms with Gasteiger partial charge in [-0.15, -0.1) is 10.2 Å². The molecule has 34 heavy (non-hydrogen) atoms. The molecule has 1 aromatic heterocycles. The van der Waals surface area contributed by atoms with Gasteiger partial charge >= 0.3 is 0 Å². The zero-order valence-corrected chi connectivity index (χ0v) is 19.9. The summed E-state index contributed by atoms with van der Waals surface area (Å²) in [5.41, 5.74) is 2.95. The minimum Gasteiger partial charge on any atom is -0.497 e. The minimum absolute atomic E-state index is 0.123. The molecule has 0 spiro atoms. The smallest absolute Gasteiger partial charge is 0.234 e. The second kappa shape index (κ2) is 11.4. The number of amides is 1. The Balaban J connectivity index is 1.45. The molecule has 1 amide bonds. The van der Waals surface area contributed by atoms with Gasteiger partial charge in [0.1, 0.15) is 18.1 Å². The summed E-state index contributed by atoms with van der Waals surface area (Å²) in [7, 11) is 1.61. The molecule has 4 rings (SSSR count). The van der Waals surface area contributed by atoms with Crippen molar-refractivity contribution >= 4 is 23.4 Å². The molecule has 174 valence electrons. The number of methoxy groups -OCH3 is 1. The molecular weight excluding hydrogens is 448 g/mol. The van der Waals surface area contributed by atoms with Gasteiger partial charge in [0.05, 0.1) is 19.4 Å². The molecule has 0 saturated carbocycles. The number of hydrogen-bond acceptors (Lipinski definition) is 6. The molecule has 7 nitrogen and oxygen atoms in total. The van der Waals surface area contributed by atoms with E-state index in [0.29, 0.717) is 23.2 Å². The molecule has 1 heterocycles. The molecule has 0 fully saturated rings. The van der Waals surface area contributed by atoms with E-state index in [2.05, 4.69) is 27.6 Å². The number of hydrogen-bond donors (Lipinski definition) is 1. The first-order chi connectivity index (χ1) is 16.6. The molecule has 1 N–H and O–H groups in total. The van der Waals surface area contributed by atoms with Crippen molar-refractivity contribution in [3.05, 3.63) is 95.8 Å². The van der Waals surface area contributed by atoms with Crippen LogP contribution in [0.4, 0.5) is 5.69 Å². The van der Waals surface area contributed by atoms with Crippen molar-refractivity contribution in [1.29, 1.82) is 0 Å². The Kier molecular flexibility index (Phi) is 7.83. The lowest BCUT2D eigenvalue weighted by Crippen LogP contribution is -2.15. The molecular formula is C26H26N4O3S. The van der Waals surface area contributed by atoms with Gasteiger partial charge < -0.3 is 14.8 Å². The van der Waals surface area contributed by atoms with Crippen molar-refractivity contribution in [2.75, 3.05) is 18.2 Å². The van der Waals surface area contributed by atoms with E-state index in [-0.39, 0.29) is 18.3 Å². The zero-order chi connectivity index (χ0) is 23.8. The molecule has 4 aromatic rings. The van der Waals surface area contributed by atoms with Crippen LogP contribution in [0.2, 0.25) is 0 Å². The Labute approximate surface area is 203 Å². The highest BCUT2D eigenvalue weighted by Crippen LogP contribution is 2.22. The van der Waals surface area contributed by atoms with Gasteiger partial charge in [0, 0.05) is 5.69 Å². The number of nitrogens with one attached hydrogen (secondary N) is 1. The highest BCUT2D eigenvalue weighted by atomic mass is 32.2. The predicted octanol–water partition coefficient (Wildman–Crippen LogP) is 4.95. The second-order valence-corrected chi connectivity index (χ2v) is 8.58. The van der Waals surface area contributed by atoms with E-state index in [1.807, 2.05) is 54.0 Å². The second-order valence-electron chi connectivity index (χ2n) is 7.64. The van der Waals surface area contributed by atoms with Crippen molar-refractivity contribution in [2.24, 2.45) is 0 Å². The van der Waals surface area contributed by atoms with Crippen molar-refractivity contribution in [2.45, 2.75) is 25.2 Å². The van der Waals surface area contributed by atoms with Gasteiger partial charge in [-0.2, -0.15) is 0 Å². The molecule has 3 aromatic carbocycles. The van der Waals surface area contributed by atoms with Gasteiger partial charge in [-0.25, -0.2) is 0 Å². The lowest BCUT2D eigenvalue weighted by atomic mass is 10.2. The summed E-state index contributed by atoms with van der Waals surface area (Å²) in [4.78, 5) is 12.5. The topological polar surface area (TPSA) is 78.3 Å². The van der Waals surface area contributed by atoms with E-state index >= 15 is 0 Å². The van der Waals surface area contributed by atoms with Crippen molar-refractivity contribution < 1.29 is 14.3 Å². The first-order valence-corrected chi connectivity index (χ1v) is 11.8. The summed E-state index contributed by atoms with van der Waals surface area (Å²) in [6.07, 6.45) is 0. The molecule has 0 aliphatic carbocycles. The van der Waals surface area contributed by atoms with E-state index in [1.165, 1.54) is 11.8 Å². The molecule has 0 saturated heterocycles. The Morgan fingerprint density at radius 3 is 2.50 bits per heavy atom. The maximum atomic E-state index is 12.5. The first-order valence-electron chi connectivity index (χ1n) is 10.8. The SMILES string of the molecule is COc1ccc(NC(=O)CSc2nnc(COc3cccc(C)c3)n2Cc2ccccc2)cc1. The van der Waals surface area contributed by atoms with Gasteiger partial charge in [-0.3, -0.25) is 9.36 Å². The van der Waals surface area contributed by atoms with Crippen molar-refractivity contribution in [3.63, 3.8) is 0 Å². The number of ether oxygens (including phenoxy) is 2. The van der Waals surface area contributed by atoms with Crippen LogP contribution in [0.1, 0.15) is 17.0 Å². The van der Waals surface area contributed by atoms with E-state index in [4.69, 9.17) is 9.47 Å². The Morgan fingerprint density at radius 1 is 0.971 bits per heavy atom. The minimum atomic E-state index is -0.123. The average molecular weight is 475 g/mol. The van der Waals surface area contributed by atoms with Gasteiger partial charge in [-0.05, 0) is 54.4 Å². The summed E-state index contributed by atoms with van der Waals surface area (Å²) in [5.74, 6) is 2.30. The van der Waals surface area contributed by atoms with E-state index in [1.54, 1.807) is 31.4 Å². The molecule has 0 atom stereocenters. The fraction of sp³-hybridized carbons (Fsp3) is 0.192. The monoisotopic (exact) mass is 474 g/mol. The normalized spacial score (nSPS) is 10.6. The van der Waals surface area contributed by atoms with Crippen LogP contribution in [0, 0.1) is 6.92 Å². The molecule has 0 radical (unpaired) electrons. The number of aromatic nitrogens is 3. The lowest BCUT2D eigenvalue weighted by Gasteiger charge is -2.12. The van der Waals surface area contributed by atoms with Crippen LogP contribution in [0.3, 0.4) is 0 Å². The average Bonchev–Trinajstić information content (AvgIpc) is 3.24. The number of aryl methyl sites for hydroxylation is 1. The number of benzene rings is 3. The van der Waals surface area contributed by atoms with Crippen LogP contribution in [0.25, 0.3) is 0 Å². The Bertz CT molecular complexity index is 1230. The molecule has 0 unspecified atom stereocenters. The quantitative estimate of drug-likeness (QED) is 0.328. The van der Waals surface area contributed by atoms with Gasteiger partial charge in [0.25, 0.3) is 0 Å². The fourth-order valence-electron chi connectivity index (χ4n) is 3.31. The van der Waals surface area contributed by atoms with Crippen molar-refractivity contribution in [1.82, 2.24) is 14.8 Å². The summed E-state index contributed by atoms with van der Waals surface area (Å²) >= 11 is 1.34. The highest BCUT2D eigenvalue weighted by Gasteiger charge is 2.16. The van der Waals surface area contributed by atoms with Gasteiger partial charge in [0.2, 0.25) is 5.91 Å². The number of thioether (sulfide) groups is 1. The number of carbonyl (C=O) groups is 1. The number of rotatable bonds is 10. The van der Waals surface area contributed by atoms with Crippen LogP contribution >= 0.6 is 11.8 Å².